The first-order valence-corrected chi connectivity index (χ1v) is 7.62. The molecule has 0 aromatic carbocycles. The number of nitrogens with one attached hydrogen (secondary N) is 1. The van der Waals surface area contributed by atoms with Crippen molar-refractivity contribution in [1.29, 1.82) is 0 Å². The highest BCUT2D eigenvalue weighted by molar-refractivity contribution is 7.89. The van der Waals surface area contributed by atoms with Crippen LogP contribution in [-0.4, -0.2) is 18.9 Å². The molecule has 0 aliphatic heterocycles. The van der Waals surface area contributed by atoms with Gasteiger partial charge in [-0.3, -0.25) is 0 Å². The summed E-state index contributed by atoms with van der Waals surface area (Å²) in [7, 11) is -3.53. The summed E-state index contributed by atoms with van der Waals surface area (Å²) in [6, 6.07) is 3.20. The lowest BCUT2D eigenvalue weighted by atomic mass is 10.0. The first-order chi connectivity index (χ1) is 8.45. The summed E-state index contributed by atoms with van der Waals surface area (Å²) < 4.78 is 27.1. The van der Waals surface area contributed by atoms with Gasteiger partial charge in [-0.05, 0) is 31.4 Å². The van der Waals surface area contributed by atoms with E-state index in [2.05, 4.69) is 9.71 Å². The van der Waals surface area contributed by atoms with Gasteiger partial charge >= 0.3 is 0 Å². The lowest BCUT2D eigenvalue weighted by Crippen LogP contribution is -2.43. The maximum atomic E-state index is 12.2. The van der Waals surface area contributed by atoms with Crippen molar-refractivity contribution >= 4 is 10.0 Å². The highest BCUT2D eigenvalue weighted by atomic mass is 32.2. The molecule has 1 fully saturated rings. The first-order valence-electron chi connectivity index (χ1n) is 6.14. The molecule has 5 nitrogen and oxygen atoms in total. The van der Waals surface area contributed by atoms with Crippen LogP contribution in [0.1, 0.15) is 38.2 Å². The molecular formula is C12H19N3O2S. The van der Waals surface area contributed by atoms with E-state index in [0.717, 1.165) is 31.2 Å². The van der Waals surface area contributed by atoms with Gasteiger partial charge in [0.05, 0.1) is 0 Å². The molecule has 3 N–H and O–H groups in total. The van der Waals surface area contributed by atoms with Gasteiger partial charge in [0.25, 0.3) is 10.0 Å². The molecule has 18 heavy (non-hydrogen) atoms. The molecule has 0 saturated heterocycles. The van der Waals surface area contributed by atoms with Crippen LogP contribution in [-0.2, 0) is 16.6 Å². The third kappa shape index (κ3) is 2.88. The molecule has 1 heterocycles. The third-order valence-corrected chi connectivity index (χ3v) is 4.95. The normalized spacial score (nSPS) is 19.0. The molecule has 1 aliphatic rings. The molecule has 6 heteroatoms. The number of nitrogens with zero attached hydrogens (tertiary/aromatic N) is 1. The summed E-state index contributed by atoms with van der Waals surface area (Å²) in [5.74, 6) is 0. The van der Waals surface area contributed by atoms with Gasteiger partial charge in [-0.25, -0.2) is 18.1 Å². The molecule has 2 rings (SSSR count). The Balaban J connectivity index is 2.19. The topological polar surface area (TPSA) is 85.1 Å². The van der Waals surface area contributed by atoms with E-state index in [4.69, 9.17) is 5.73 Å². The van der Waals surface area contributed by atoms with E-state index in [1.165, 1.54) is 12.3 Å². The van der Waals surface area contributed by atoms with Gasteiger partial charge in [-0.15, -0.1) is 0 Å². The van der Waals surface area contributed by atoms with Crippen molar-refractivity contribution in [2.75, 3.05) is 0 Å². The van der Waals surface area contributed by atoms with Gasteiger partial charge in [0, 0.05) is 18.3 Å². The van der Waals surface area contributed by atoms with E-state index in [0.29, 0.717) is 6.54 Å². The summed E-state index contributed by atoms with van der Waals surface area (Å²) in [5.41, 5.74) is 5.95. The van der Waals surface area contributed by atoms with E-state index in [1.54, 1.807) is 6.07 Å². The predicted octanol–water partition coefficient (Wildman–Crippen LogP) is 1.15. The molecule has 0 atom stereocenters. The van der Waals surface area contributed by atoms with Gasteiger partial charge in [0.2, 0.25) is 0 Å². The van der Waals surface area contributed by atoms with Gasteiger partial charge in [-0.1, -0.05) is 18.9 Å². The molecule has 100 valence electrons. The van der Waals surface area contributed by atoms with Gasteiger partial charge in [0.1, 0.15) is 0 Å². The molecule has 0 unspecified atom stereocenters. The predicted molar refractivity (Wildman–Crippen MR) is 69.3 cm³/mol. The van der Waals surface area contributed by atoms with Crippen molar-refractivity contribution in [3.63, 3.8) is 0 Å². The van der Waals surface area contributed by atoms with E-state index in [1.807, 2.05) is 6.92 Å². The average Bonchev–Trinajstić information content (AvgIpc) is 2.75. The largest absolute Gasteiger partial charge is 0.326 e. The first kappa shape index (κ1) is 13.5. The van der Waals surface area contributed by atoms with Gasteiger partial charge in [-0.2, -0.15) is 0 Å². The molecule has 0 spiro atoms. The minimum atomic E-state index is -3.53. The Morgan fingerprint density at radius 2 is 2.06 bits per heavy atom. The monoisotopic (exact) mass is 269 g/mol. The lowest BCUT2D eigenvalue weighted by Gasteiger charge is -2.24. The van der Waals surface area contributed by atoms with Crippen LogP contribution >= 0.6 is 0 Å². The third-order valence-electron chi connectivity index (χ3n) is 3.40. The van der Waals surface area contributed by atoms with E-state index in [-0.39, 0.29) is 10.6 Å². The highest BCUT2D eigenvalue weighted by Crippen LogP contribution is 2.30. The summed E-state index contributed by atoms with van der Waals surface area (Å²) in [4.78, 5) is 3.96. The lowest BCUT2D eigenvalue weighted by molar-refractivity contribution is 0.426. The Labute approximate surface area is 108 Å². The minimum absolute atomic E-state index is 0.0628. The SMILES string of the molecule is CC1(NS(=O)(=O)c2ccc(CN)cn2)CCCC1. The number of rotatable bonds is 4. The van der Waals surface area contributed by atoms with Crippen molar-refractivity contribution in [3.05, 3.63) is 23.9 Å². The van der Waals surface area contributed by atoms with Crippen molar-refractivity contribution in [2.45, 2.75) is 49.7 Å². The molecule has 0 radical (unpaired) electrons. The van der Waals surface area contributed by atoms with E-state index >= 15 is 0 Å². The minimum Gasteiger partial charge on any atom is -0.326 e. The summed E-state index contributed by atoms with van der Waals surface area (Å²) in [6.07, 6.45) is 5.41. The van der Waals surface area contributed by atoms with Crippen LogP contribution in [0.25, 0.3) is 0 Å². The molecule has 0 bridgehead atoms. The zero-order valence-corrected chi connectivity index (χ0v) is 11.3. The van der Waals surface area contributed by atoms with Crippen LogP contribution < -0.4 is 10.5 Å². The Hall–Kier alpha value is -0.980. The standard InChI is InChI=1S/C12H19N3O2S/c1-12(6-2-3-7-12)15-18(16,17)11-5-4-10(8-13)9-14-11/h4-5,9,15H,2-3,6-8,13H2,1H3. The quantitative estimate of drug-likeness (QED) is 0.858. The number of nitrogens with two attached hydrogens (primary N) is 1. The second-order valence-electron chi connectivity index (χ2n) is 5.08. The zero-order valence-electron chi connectivity index (χ0n) is 10.5. The Morgan fingerprint density at radius 1 is 1.39 bits per heavy atom. The second-order valence-corrected chi connectivity index (χ2v) is 6.71. The summed E-state index contributed by atoms with van der Waals surface area (Å²) in [6.45, 7) is 2.31. The van der Waals surface area contributed by atoms with Crippen LogP contribution in [0.2, 0.25) is 0 Å². The van der Waals surface area contributed by atoms with E-state index < -0.39 is 10.0 Å². The fourth-order valence-corrected chi connectivity index (χ4v) is 3.72. The maximum Gasteiger partial charge on any atom is 0.258 e. The highest BCUT2D eigenvalue weighted by Gasteiger charge is 2.33. The van der Waals surface area contributed by atoms with Gasteiger partial charge < -0.3 is 5.73 Å². The van der Waals surface area contributed by atoms with Crippen LogP contribution in [0, 0.1) is 0 Å². The molecule has 1 aromatic rings. The van der Waals surface area contributed by atoms with Crippen molar-refractivity contribution < 1.29 is 8.42 Å². The summed E-state index contributed by atoms with van der Waals surface area (Å²) >= 11 is 0. The van der Waals surface area contributed by atoms with Crippen LogP contribution in [0.3, 0.4) is 0 Å². The number of hydrogen-bond acceptors (Lipinski definition) is 4. The Kier molecular flexibility index (Phi) is 3.70. The average molecular weight is 269 g/mol. The van der Waals surface area contributed by atoms with Crippen LogP contribution in [0.4, 0.5) is 0 Å². The number of aromatic nitrogens is 1. The number of hydrogen-bond donors (Lipinski definition) is 2. The fourth-order valence-electron chi connectivity index (χ4n) is 2.32. The fraction of sp³-hybridized carbons (Fsp3) is 0.583. The molecule has 0 amide bonds. The van der Waals surface area contributed by atoms with Crippen molar-refractivity contribution in [2.24, 2.45) is 5.73 Å². The molecular weight excluding hydrogens is 250 g/mol. The molecule has 1 aromatic heterocycles. The van der Waals surface area contributed by atoms with E-state index in [9.17, 15) is 8.42 Å². The molecule has 1 saturated carbocycles. The van der Waals surface area contributed by atoms with Crippen molar-refractivity contribution in [3.8, 4) is 0 Å². The van der Waals surface area contributed by atoms with Crippen molar-refractivity contribution in [1.82, 2.24) is 9.71 Å². The van der Waals surface area contributed by atoms with Crippen LogP contribution in [0.15, 0.2) is 23.4 Å². The Bertz CT molecular complexity index is 505. The number of sulfonamides is 1. The smallest absolute Gasteiger partial charge is 0.258 e. The van der Waals surface area contributed by atoms with Crippen LogP contribution in [0.5, 0.6) is 0 Å². The zero-order chi connectivity index (χ0) is 13.2. The maximum absolute atomic E-state index is 12.2. The number of pyridine rings is 1. The second kappa shape index (κ2) is 4.95. The van der Waals surface area contributed by atoms with Gasteiger partial charge in [0.15, 0.2) is 5.03 Å². The Morgan fingerprint density at radius 3 is 2.56 bits per heavy atom. The summed E-state index contributed by atoms with van der Waals surface area (Å²) in [5, 5.41) is 0.0628. The molecule has 1 aliphatic carbocycles.